The Labute approximate surface area is 165 Å². The molecule has 2 heterocycles. The molecule has 0 spiro atoms. The number of nitrogens with zero attached hydrogens (tertiary/aromatic N) is 2. The predicted molar refractivity (Wildman–Crippen MR) is 104 cm³/mol. The van der Waals surface area contributed by atoms with Crippen LogP contribution in [-0.2, 0) is 25.5 Å². The van der Waals surface area contributed by atoms with Crippen LogP contribution in [0.3, 0.4) is 0 Å². The van der Waals surface area contributed by atoms with Gasteiger partial charge in [0.05, 0.1) is 12.3 Å². The molecule has 2 aliphatic rings. The van der Waals surface area contributed by atoms with Gasteiger partial charge in [0.25, 0.3) is 0 Å². The zero-order valence-corrected chi connectivity index (χ0v) is 16.3. The fourth-order valence-electron chi connectivity index (χ4n) is 4.10. The highest BCUT2D eigenvalue weighted by Crippen LogP contribution is 2.30. The van der Waals surface area contributed by atoms with E-state index in [2.05, 4.69) is 0 Å². The summed E-state index contributed by atoms with van der Waals surface area (Å²) in [4.78, 5) is 40.4. The van der Waals surface area contributed by atoms with Gasteiger partial charge >= 0.3 is 5.97 Å². The first kappa shape index (κ1) is 20.3. The number of carboxylic acids is 1. The van der Waals surface area contributed by atoms with E-state index in [1.165, 1.54) is 0 Å². The lowest BCUT2D eigenvalue weighted by molar-refractivity contribution is -0.142. The van der Waals surface area contributed by atoms with E-state index < -0.39 is 11.9 Å². The van der Waals surface area contributed by atoms with Crippen LogP contribution in [0.15, 0.2) is 24.3 Å². The van der Waals surface area contributed by atoms with E-state index in [1.54, 1.807) is 9.80 Å². The zero-order valence-electron chi connectivity index (χ0n) is 16.3. The third kappa shape index (κ3) is 4.52. The standard InChI is InChI=1S/C21H28N2O5/c1-2-15-5-3-4-6-18(15)23-14-16(13-19(23)24)21(27)22(10-7-20(25)26)17-8-11-28-12-9-17/h3-6,16-17H,2,7-14H2,1H3,(H,25,26). The second kappa shape index (κ2) is 9.19. The fraction of sp³-hybridized carbons (Fsp3) is 0.571. The Bertz CT molecular complexity index is 729. The molecule has 152 valence electrons. The minimum Gasteiger partial charge on any atom is -0.481 e. The maximum Gasteiger partial charge on any atom is 0.305 e. The Balaban J connectivity index is 1.75. The van der Waals surface area contributed by atoms with E-state index in [0.29, 0.717) is 32.6 Å². The quantitative estimate of drug-likeness (QED) is 0.773. The van der Waals surface area contributed by atoms with E-state index >= 15 is 0 Å². The topological polar surface area (TPSA) is 87.2 Å². The predicted octanol–water partition coefficient (Wildman–Crippen LogP) is 2.08. The van der Waals surface area contributed by atoms with Gasteiger partial charge in [-0.1, -0.05) is 25.1 Å². The molecule has 1 aromatic carbocycles. The lowest BCUT2D eigenvalue weighted by Crippen LogP contribution is -2.47. The summed E-state index contributed by atoms with van der Waals surface area (Å²) in [5.74, 6) is -1.53. The van der Waals surface area contributed by atoms with Gasteiger partial charge in [0.15, 0.2) is 0 Å². The van der Waals surface area contributed by atoms with Crippen LogP contribution in [0.2, 0.25) is 0 Å². The normalized spacial score (nSPS) is 20.4. The molecule has 3 rings (SSSR count). The van der Waals surface area contributed by atoms with E-state index in [0.717, 1.165) is 17.7 Å². The van der Waals surface area contributed by atoms with Gasteiger partial charge in [0, 0.05) is 44.5 Å². The minimum absolute atomic E-state index is 0.0207. The molecule has 7 nitrogen and oxygen atoms in total. The van der Waals surface area contributed by atoms with Gasteiger partial charge < -0.3 is 19.6 Å². The van der Waals surface area contributed by atoms with Crippen molar-refractivity contribution in [2.45, 2.75) is 45.1 Å². The van der Waals surface area contributed by atoms with Crippen molar-refractivity contribution in [2.75, 3.05) is 31.2 Å². The first-order chi connectivity index (χ1) is 13.5. The largest absolute Gasteiger partial charge is 0.481 e. The number of ether oxygens (including phenoxy) is 1. The number of benzene rings is 1. The number of hydrogen-bond donors (Lipinski definition) is 1. The van der Waals surface area contributed by atoms with Crippen LogP contribution in [0.1, 0.15) is 38.2 Å². The van der Waals surface area contributed by atoms with Crippen LogP contribution in [0.5, 0.6) is 0 Å². The van der Waals surface area contributed by atoms with Crippen molar-refractivity contribution in [3.8, 4) is 0 Å². The second-order valence-electron chi connectivity index (χ2n) is 7.41. The number of hydrogen-bond acceptors (Lipinski definition) is 4. The molecule has 2 amide bonds. The number of carbonyl (C=O) groups excluding carboxylic acids is 2. The number of aliphatic carboxylic acids is 1. The summed E-state index contributed by atoms with van der Waals surface area (Å²) in [6.07, 6.45) is 2.30. The number of para-hydroxylation sites is 1. The van der Waals surface area contributed by atoms with Gasteiger partial charge in [-0.2, -0.15) is 0 Å². The van der Waals surface area contributed by atoms with Gasteiger partial charge in [-0.25, -0.2) is 0 Å². The molecule has 1 atom stereocenters. The molecule has 28 heavy (non-hydrogen) atoms. The van der Waals surface area contributed by atoms with Crippen molar-refractivity contribution in [1.29, 1.82) is 0 Å². The van der Waals surface area contributed by atoms with Crippen LogP contribution in [-0.4, -0.2) is 60.1 Å². The van der Waals surface area contributed by atoms with Gasteiger partial charge in [0.2, 0.25) is 11.8 Å². The molecule has 2 aliphatic heterocycles. The number of amides is 2. The third-order valence-corrected chi connectivity index (χ3v) is 5.62. The number of anilines is 1. The van der Waals surface area contributed by atoms with Gasteiger partial charge in [-0.05, 0) is 30.9 Å². The average molecular weight is 388 g/mol. The number of carboxylic acid groups (broad SMARTS) is 1. The van der Waals surface area contributed by atoms with Crippen LogP contribution >= 0.6 is 0 Å². The van der Waals surface area contributed by atoms with Crippen molar-refractivity contribution < 1.29 is 24.2 Å². The van der Waals surface area contributed by atoms with E-state index in [4.69, 9.17) is 9.84 Å². The number of carbonyl (C=O) groups is 3. The van der Waals surface area contributed by atoms with Crippen LogP contribution < -0.4 is 4.90 Å². The first-order valence-electron chi connectivity index (χ1n) is 9.99. The molecule has 0 bridgehead atoms. The summed E-state index contributed by atoms with van der Waals surface area (Å²) in [6, 6.07) is 7.75. The molecular formula is C21H28N2O5. The van der Waals surface area contributed by atoms with Crippen molar-refractivity contribution in [1.82, 2.24) is 4.90 Å². The molecule has 0 radical (unpaired) electrons. The Morgan fingerprint density at radius 3 is 2.64 bits per heavy atom. The average Bonchev–Trinajstić information content (AvgIpc) is 3.10. The van der Waals surface area contributed by atoms with Crippen LogP contribution in [0.25, 0.3) is 0 Å². The smallest absolute Gasteiger partial charge is 0.305 e. The molecule has 0 saturated carbocycles. The second-order valence-corrected chi connectivity index (χ2v) is 7.41. The molecule has 7 heteroatoms. The first-order valence-corrected chi connectivity index (χ1v) is 9.99. The Morgan fingerprint density at radius 2 is 1.96 bits per heavy atom. The summed E-state index contributed by atoms with van der Waals surface area (Å²) in [5.41, 5.74) is 1.95. The summed E-state index contributed by atoms with van der Waals surface area (Å²) in [6.45, 7) is 3.71. The third-order valence-electron chi connectivity index (χ3n) is 5.62. The van der Waals surface area contributed by atoms with Crippen LogP contribution in [0, 0.1) is 5.92 Å². The summed E-state index contributed by atoms with van der Waals surface area (Å²) >= 11 is 0. The van der Waals surface area contributed by atoms with E-state index in [9.17, 15) is 14.4 Å². The molecule has 1 unspecified atom stereocenters. The molecule has 0 aliphatic carbocycles. The molecule has 2 saturated heterocycles. The maximum absolute atomic E-state index is 13.2. The Hall–Kier alpha value is -2.41. The molecule has 2 fully saturated rings. The van der Waals surface area contributed by atoms with Crippen molar-refractivity contribution >= 4 is 23.5 Å². The minimum atomic E-state index is -0.925. The Morgan fingerprint density at radius 1 is 1.25 bits per heavy atom. The van der Waals surface area contributed by atoms with Gasteiger partial charge in [0.1, 0.15) is 0 Å². The molecular weight excluding hydrogens is 360 g/mol. The van der Waals surface area contributed by atoms with Crippen molar-refractivity contribution in [2.24, 2.45) is 5.92 Å². The van der Waals surface area contributed by atoms with E-state index in [-0.39, 0.29) is 37.2 Å². The molecule has 1 aromatic rings. The highest BCUT2D eigenvalue weighted by atomic mass is 16.5. The Kier molecular flexibility index (Phi) is 6.67. The van der Waals surface area contributed by atoms with Crippen molar-refractivity contribution in [3.05, 3.63) is 29.8 Å². The van der Waals surface area contributed by atoms with Crippen molar-refractivity contribution in [3.63, 3.8) is 0 Å². The number of aryl methyl sites for hydroxylation is 1. The monoisotopic (exact) mass is 388 g/mol. The lowest BCUT2D eigenvalue weighted by atomic mass is 10.0. The highest BCUT2D eigenvalue weighted by molar-refractivity contribution is 6.01. The highest BCUT2D eigenvalue weighted by Gasteiger charge is 2.39. The number of rotatable bonds is 7. The summed E-state index contributed by atoms with van der Waals surface area (Å²) < 4.78 is 5.38. The van der Waals surface area contributed by atoms with Gasteiger partial charge in [-0.3, -0.25) is 14.4 Å². The molecule has 0 aromatic heterocycles. The maximum atomic E-state index is 13.2. The van der Waals surface area contributed by atoms with Crippen LogP contribution in [0.4, 0.5) is 5.69 Å². The summed E-state index contributed by atoms with van der Waals surface area (Å²) in [5, 5.41) is 9.07. The van der Waals surface area contributed by atoms with E-state index in [1.807, 2.05) is 31.2 Å². The summed E-state index contributed by atoms with van der Waals surface area (Å²) in [7, 11) is 0. The SMILES string of the molecule is CCc1ccccc1N1CC(C(=O)N(CCC(=O)O)C2CCOCC2)CC1=O. The fourth-order valence-corrected chi connectivity index (χ4v) is 4.10. The molecule has 1 N–H and O–H groups in total. The lowest BCUT2D eigenvalue weighted by Gasteiger charge is -2.35. The zero-order chi connectivity index (χ0) is 20.1. The van der Waals surface area contributed by atoms with Gasteiger partial charge in [-0.15, -0.1) is 0 Å².